The van der Waals surface area contributed by atoms with Crippen molar-refractivity contribution in [3.63, 3.8) is 0 Å². The molecule has 0 saturated carbocycles. The van der Waals surface area contributed by atoms with Gasteiger partial charge in [-0.25, -0.2) is 4.98 Å². The highest BCUT2D eigenvalue weighted by Gasteiger charge is 2.25. The van der Waals surface area contributed by atoms with Crippen LogP contribution in [0.2, 0.25) is 0 Å². The van der Waals surface area contributed by atoms with Gasteiger partial charge in [0.2, 0.25) is 5.91 Å². The number of carbonyl (C=O) groups excluding carboxylic acids is 1. The van der Waals surface area contributed by atoms with Crippen LogP contribution in [0.5, 0.6) is 0 Å². The van der Waals surface area contributed by atoms with Crippen molar-refractivity contribution in [3.8, 4) is 0 Å². The van der Waals surface area contributed by atoms with E-state index in [0.29, 0.717) is 31.8 Å². The summed E-state index contributed by atoms with van der Waals surface area (Å²) in [5, 5.41) is 2.87. The molecule has 0 radical (unpaired) electrons. The number of amides is 1. The van der Waals surface area contributed by atoms with Crippen LogP contribution in [-0.4, -0.2) is 46.4 Å². The van der Waals surface area contributed by atoms with Gasteiger partial charge in [-0.2, -0.15) is 0 Å². The Kier molecular flexibility index (Phi) is 5.45. The average molecular weight is 343 g/mol. The van der Waals surface area contributed by atoms with Gasteiger partial charge in [-0.3, -0.25) is 18.9 Å². The largest absolute Gasteiger partial charge is 0.355 e. The summed E-state index contributed by atoms with van der Waals surface area (Å²) in [7, 11) is 0. The minimum Gasteiger partial charge on any atom is -0.355 e. The van der Waals surface area contributed by atoms with E-state index in [0.717, 1.165) is 30.6 Å². The third-order valence-electron chi connectivity index (χ3n) is 4.64. The van der Waals surface area contributed by atoms with E-state index in [9.17, 15) is 9.59 Å². The molecule has 0 spiro atoms. The number of nitrogens with two attached hydrogens (primary N) is 1. The minimum absolute atomic E-state index is 0.0245. The van der Waals surface area contributed by atoms with Gasteiger partial charge in [0.15, 0.2) is 0 Å². The molecule has 1 aliphatic heterocycles. The number of aryl methyl sites for hydroxylation is 1. The Bertz CT molecular complexity index is 817. The summed E-state index contributed by atoms with van der Waals surface area (Å²) in [5.74, 6) is 0.0427. The second-order valence-corrected chi connectivity index (χ2v) is 6.62. The number of pyridine rings is 1. The highest BCUT2D eigenvalue weighted by atomic mass is 16.2. The van der Waals surface area contributed by atoms with Crippen LogP contribution in [0.3, 0.4) is 0 Å². The number of likely N-dealkylation sites (tertiary alicyclic amines) is 1. The van der Waals surface area contributed by atoms with Crippen LogP contribution in [0.25, 0.3) is 5.65 Å². The lowest BCUT2D eigenvalue weighted by Crippen LogP contribution is -2.43. The molecule has 3 heterocycles. The van der Waals surface area contributed by atoms with Gasteiger partial charge in [0, 0.05) is 38.4 Å². The Morgan fingerprint density at radius 2 is 2.32 bits per heavy atom. The topological polar surface area (TPSA) is 92.7 Å². The predicted octanol–water partition coefficient (Wildman–Crippen LogP) is 0.290. The molecule has 134 valence electrons. The van der Waals surface area contributed by atoms with Crippen molar-refractivity contribution in [1.82, 2.24) is 19.6 Å². The normalized spacial score (nSPS) is 18.4. The molecule has 3 N–H and O–H groups in total. The number of nitrogens with one attached hydrogen (secondary N) is 1. The fourth-order valence-corrected chi connectivity index (χ4v) is 3.37. The number of hydrogen-bond donors (Lipinski definition) is 2. The van der Waals surface area contributed by atoms with E-state index in [1.54, 1.807) is 16.7 Å². The van der Waals surface area contributed by atoms with E-state index in [-0.39, 0.29) is 17.4 Å². The van der Waals surface area contributed by atoms with Crippen molar-refractivity contribution < 1.29 is 4.79 Å². The minimum atomic E-state index is -0.0713. The number of hydrogen-bond acceptors (Lipinski definition) is 5. The molecule has 7 nitrogen and oxygen atoms in total. The molecular weight excluding hydrogens is 318 g/mol. The van der Waals surface area contributed by atoms with E-state index >= 15 is 0 Å². The first-order valence-corrected chi connectivity index (χ1v) is 8.76. The van der Waals surface area contributed by atoms with Gasteiger partial charge >= 0.3 is 0 Å². The Labute approximate surface area is 146 Å². The summed E-state index contributed by atoms with van der Waals surface area (Å²) in [5.41, 5.74) is 7.79. The molecule has 1 fully saturated rings. The molecular formula is C18H25N5O2. The summed E-state index contributed by atoms with van der Waals surface area (Å²) < 4.78 is 1.57. The van der Waals surface area contributed by atoms with Gasteiger partial charge in [-0.15, -0.1) is 0 Å². The Morgan fingerprint density at radius 1 is 1.48 bits per heavy atom. The molecule has 1 unspecified atom stereocenters. The highest BCUT2D eigenvalue weighted by Crippen LogP contribution is 2.18. The summed E-state index contributed by atoms with van der Waals surface area (Å²) >= 11 is 0. The second kappa shape index (κ2) is 7.76. The zero-order chi connectivity index (χ0) is 17.8. The van der Waals surface area contributed by atoms with Gasteiger partial charge in [0.05, 0.1) is 11.6 Å². The number of aromatic nitrogens is 2. The van der Waals surface area contributed by atoms with Crippen LogP contribution in [-0.2, 0) is 11.3 Å². The van der Waals surface area contributed by atoms with Crippen molar-refractivity contribution in [2.45, 2.75) is 26.3 Å². The molecule has 0 bridgehead atoms. The molecule has 25 heavy (non-hydrogen) atoms. The predicted molar refractivity (Wildman–Crippen MR) is 96.3 cm³/mol. The molecule has 1 amide bonds. The average Bonchev–Trinajstić information content (AvgIpc) is 2.61. The quantitative estimate of drug-likeness (QED) is 0.814. The first kappa shape index (κ1) is 17.6. The van der Waals surface area contributed by atoms with Crippen LogP contribution in [0.15, 0.2) is 29.2 Å². The maximum absolute atomic E-state index is 12.3. The third-order valence-corrected chi connectivity index (χ3v) is 4.64. The van der Waals surface area contributed by atoms with Crippen molar-refractivity contribution in [2.24, 2.45) is 11.7 Å². The van der Waals surface area contributed by atoms with Crippen LogP contribution in [0.4, 0.5) is 0 Å². The molecule has 1 saturated heterocycles. The second-order valence-electron chi connectivity index (χ2n) is 6.62. The number of nitrogens with zero attached hydrogens (tertiary/aromatic N) is 3. The smallest absolute Gasteiger partial charge is 0.258 e. The Balaban J connectivity index is 1.73. The number of rotatable bonds is 5. The molecule has 0 aromatic carbocycles. The van der Waals surface area contributed by atoms with Crippen molar-refractivity contribution >= 4 is 11.6 Å². The van der Waals surface area contributed by atoms with Gasteiger partial charge in [0.1, 0.15) is 5.65 Å². The van der Waals surface area contributed by atoms with Gasteiger partial charge in [0.25, 0.3) is 5.56 Å². The van der Waals surface area contributed by atoms with Gasteiger partial charge < -0.3 is 11.1 Å². The lowest BCUT2D eigenvalue weighted by molar-refractivity contribution is -0.126. The summed E-state index contributed by atoms with van der Waals surface area (Å²) in [6, 6.07) is 5.38. The van der Waals surface area contributed by atoms with E-state index in [4.69, 9.17) is 5.73 Å². The molecule has 2 aromatic rings. The van der Waals surface area contributed by atoms with E-state index in [1.165, 1.54) is 0 Å². The number of carbonyl (C=O) groups is 1. The maximum atomic E-state index is 12.3. The standard InChI is InChI=1S/C18H25N5O2/c1-13-4-2-9-23-16(24)10-15(21-17(13)23)12-22-8-3-5-14(11-22)18(25)20-7-6-19/h2,4,9-10,14H,3,5-8,11-12,19H2,1H3,(H,20,25). The van der Waals surface area contributed by atoms with Crippen molar-refractivity contribution in [1.29, 1.82) is 0 Å². The molecule has 1 aliphatic rings. The molecule has 3 rings (SSSR count). The fraction of sp³-hybridized carbons (Fsp3) is 0.500. The van der Waals surface area contributed by atoms with Crippen LogP contribution >= 0.6 is 0 Å². The lowest BCUT2D eigenvalue weighted by Gasteiger charge is -2.31. The first-order valence-electron chi connectivity index (χ1n) is 8.76. The number of piperidine rings is 1. The lowest BCUT2D eigenvalue weighted by atomic mass is 9.97. The number of fused-ring (bicyclic) bond motifs is 1. The Hall–Kier alpha value is -2.25. The first-order chi connectivity index (χ1) is 12.1. The van der Waals surface area contributed by atoms with Crippen LogP contribution in [0.1, 0.15) is 24.1 Å². The molecule has 1 atom stereocenters. The summed E-state index contributed by atoms with van der Waals surface area (Å²) in [6.07, 6.45) is 3.59. The maximum Gasteiger partial charge on any atom is 0.258 e. The SMILES string of the molecule is Cc1cccn2c(=O)cc(CN3CCCC(C(=O)NCCN)C3)nc12. The van der Waals surface area contributed by atoms with E-state index in [2.05, 4.69) is 15.2 Å². The molecule has 0 aliphatic carbocycles. The highest BCUT2D eigenvalue weighted by molar-refractivity contribution is 5.78. The zero-order valence-electron chi connectivity index (χ0n) is 14.6. The van der Waals surface area contributed by atoms with Gasteiger partial charge in [-0.1, -0.05) is 6.07 Å². The van der Waals surface area contributed by atoms with Crippen LogP contribution in [0, 0.1) is 12.8 Å². The van der Waals surface area contributed by atoms with Gasteiger partial charge in [-0.05, 0) is 37.9 Å². The Morgan fingerprint density at radius 3 is 3.12 bits per heavy atom. The van der Waals surface area contributed by atoms with Crippen molar-refractivity contribution in [3.05, 3.63) is 46.0 Å². The summed E-state index contributed by atoms with van der Waals surface area (Å²) in [4.78, 5) is 31.3. The fourth-order valence-electron chi connectivity index (χ4n) is 3.37. The third kappa shape index (κ3) is 4.05. The summed E-state index contributed by atoms with van der Waals surface area (Å²) in [6.45, 7) is 5.09. The van der Waals surface area contributed by atoms with Crippen LogP contribution < -0.4 is 16.6 Å². The van der Waals surface area contributed by atoms with Crippen molar-refractivity contribution in [2.75, 3.05) is 26.2 Å². The molecule has 7 heteroatoms. The monoisotopic (exact) mass is 343 g/mol. The van der Waals surface area contributed by atoms with E-state index in [1.807, 2.05) is 19.1 Å². The zero-order valence-corrected chi connectivity index (χ0v) is 14.6. The molecule has 2 aromatic heterocycles. The van der Waals surface area contributed by atoms with E-state index < -0.39 is 0 Å².